The molecule has 0 amide bonds. The third-order valence-corrected chi connectivity index (χ3v) is 1.05. The molecule has 0 aromatic rings. The fourth-order valence-corrected chi connectivity index (χ4v) is 0.463. The molecule has 64 valence electrons. The first-order valence-electron chi connectivity index (χ1n) is 3.16. The summed E-state index contributed by atoms with van der Waals surface area (Å²) in [7, 11) is 1.63. The van der Waals surface area contributed by atoms with Crippen molar-refractivity contribution in [2.24, 2.45) is 17.4 Å². The molecule has 0 saturated carbocycles. The minimum Gasteiger partial charge on any atom is -0.383 e. The van der Waals surface area contributed by atoms with Crippen LogP contribution in [0.2, 0.25) is 0 Å². The number of nitrogens with zero attached hydrogens (tertiary/aromatic N) is 2. The fraction of sp³-hybridized carbons (Fsp3) is 0.333. The van der Waals surface area contributed by atoms with Gasteiger partial charge in [-0.2, -0.15) is 0 Å². The second-order valence-corrected chi connectivity index (χ2v) is 2.15. The van der Waals surface area contributed by atoms with Crippen molar-refractivity contribution in [3.63, 3.8) is 0 Å². The second kappa shape index (κ2) is 4.59. The summed E-state index contributed by atoms with van der Waals surface area (Å²) in [5, 5.41) is 2.68. The molecular weight excluding hydrogens is 142 g/mol. The van der Waals surface area contributed by atoms with Crippen LogP contribution in [0.5, 0.6) is 0 Å². The summed E-state index contributed by atoms with van der Waals surface area (Å²) in [5.74, 6) is 11.2. The number of hydrazine groups is 2. The van der Waals surface area contributed by atoms with Gasteiger partial charge >= 0.3 is 0 Å². The Morgan fingerprint density at radius 1 is 1.55 bits per heavy atom. The maximum Gasteiger partial charge on any atom is 0.131 e. The molecule has 0 spiro atoms. The van der Waals surface area contributed by atoms with E-state index in [4.69, 9.17) is 17.4 Å². The molecule has 0 heterocycles. The molecule has 0 unspecified atom stereocenters. The SMILES string of the molecule is C=CCN(N)/C=C(\N)N(C)N. The molecule has 0 aliphatic heterocycles. The average molecular weight is 157 g/mol. The van der Waals surface area contributed by atoms with Gasteiger partial charge in [-0.1, -0.05) is 6.08 Å². The first-order valence-corrected chi connectivity index (χ1v) is 3.16. The van der Waals surface area contributed by atoms with Crippen molar-refractivity contribution in [2.45, 2.75) is 0 Å². The highest BCUT2D eigenvalue weighted by Gasteiger charge is 1.94. The van der Waals surface area contributed by atoms with Crippen LogP contribution >= 0.6 is 0 Å². The summed E-state index contributed by atoms with van der Waals surface area (Å²) in [6, 6.07) is 0. The molecule has 0 rings (SSSR count). The molecule has 0 fully saturated rings. The summed E-state index contributed by atoms with van der Waals surface area (Å²) in [5.41, 5.74) is 5.45. The Kier molecular flexibility index (Phi) is 4.09. The van der Waals surface area contributed by atoms with E-state index in [2.05, 4.69) is 6.58 Å². The molecule has 0 aromatic heterocycles. The van der Waals surface area contributed by atoms with Gasteiger partial charge in [0, 0.05) is 7.05 Å². The minimum absolute atomic E-state index is 0.398. The Bertz CT molecular complexity index is 151. The zero-order chi connectivity index (χ0) is 8.85. The van der Waals surface area contributed by atoms with Gasteiger partial charge in [0.2, 0.25) is 0 Å². The Hall–Kier alpha value is -1.20. The zero-order valence-corrected chi connectivity index (χ0v) is 6.70. The van der Waals surface area contributed by atoms with Crippen molar-refractivity contribution in [1.82, 2.24) is 10.0 Å². The van der Waals surface area contributed by atoms with Gasteiger partial charge in [-0.15, -0.1) is 6.58 Å². The highest BCUT2D eigenvalue weighted by Crippen LogP contribution is 1.87. The van der Waals surface area contributed by atoms with E-state index in [0.717, 1.165) is 0 Å². The fourth-order valence-electron chi connectivity index (χ4n) is 0.463. The quantitative estimate of drug-likeness (QED) is 0.274. The number of hydrogen-bond acceptors (Lipinski definition) is 5. The van der Waals surface area contributed by atoms with Crippen molar-refractivity contribution in [2.75, 3.05) is 13.6 Å². The van der Waals surface area contributed by atoms with E-state index >= 15 is 0 Å². The van der Waals surface area contributed by atoms with E-state index in [-0.39, 0.29) is 0 Å². The van der Waals surface area contributed by atoms with Crippen LogP contribution in [0.1, 0.15) is 0 Å². The van der Waals surface area contributed by atoms with E-state index in [0.29, 0.717) is 12.4 Å². The van der Waals surface area contributed by atoms with E-state index in [1.807, 2.05) is 0 Å². The van der Waals surface area contributed by atoms with Crippen LogP contribution in [0.15, 0.2) is 24.7 Å². The van der Waals surface area contributed by atoms with Crippen molar-refractivity contribution in [1.29, 1.82) is 0 Å². The molecule has 5 nitrogen and oxygen atoms in total. The van der Waals surface area contributed by atoms with Crippen molar-refractivity contribution in [3.05, 3.63) is 24.7 Å². The maximum atomic E-state index is 5.45. The number of rotatable bonds is 4. The monoisotopic (exact) mass is 157 g/mol. The third kappa shape index (κ3) is 4.24. The minimum atomic E-state index is 0.398. The van der Waals surface area contributed by atoms with Gasteiger partial charge in [-0.05, 0) is 0 Å². The zero-order valence-electron chi connectivity index (χ0n) is 6.70. The predicted octanol–water partition coefficient (Wildman–Crippen LogP) is -1.09. The number of nitrogens with two attached hydrogens (primary N) is 3. The van der Waals surface area contributed by atoms with Crippen molar-refractivity contribution < 1.29 is 0 Å². The summed E-state index contributed by atoms with van der Waals surface area (Å²) < 4.78 is 0. The maximum absolute atomic E-state index is 5.45. The van der Waals surface area contributed by atoms with Gasteiger partial charge in [0.1, 0.15) is 5.82 Å². The molecule has 5 heteroatoms. The highest BCUT2D eigenvalue weighted by molar-refractivity contribution is 4.92. The predicted molar refractivity (Wildman–Crippen MR) is 45.3 cm³/mol. The average Bonchev–Trinajstić information content (AvgIpc) is 1.87. The van der Waals surface area contributed by atoms with E-state index in [1.54, 1.807) is 13.1 Å². The molecular formula is C6H15N5. The summed E-state index contributed by atoms with van der Waals surface area (Å²) >= 11 is 0. The molecule has 0 aliphatic rings. The molecule has 6 N–H and O–H groups in total. The van der Waals surface area contributed by atoms with Gasteiger partial charge in [0.15, 0.2) is 0 Å². The Balaban J connectivity index is 3.95. The smallest absolute Gasteiger partial charge is 0.131 e. The molecule has 0 saturated heterocycles. The topological polar surface area (TPSA) is 84.5 Å². The van der Waals surface area contributed by atoms with Gasteiger partial charge in [0.25, 0.3) is 0 Å². The summed E-state index contributed by atoms with van der Waals surface area (Å²) in [4.78, 5) is 0. The van der Waals surface area contributed by atoms with Crippen LogP contribution in [0.4, 0.5) is 0 Å². The van der Waals surface area contributed by atoms with Gasteiger partial charge in [0.05, 0.1) is 12.7 Å². The van der Waals surface area contributed by atoms with E-state index in [9.17, 15) is 0 Å². The van der Waals surface area contributed by atoms with Crippen LogP contribution in [0, 0.1) is 0 Å². The Morgan fingerprint density at radius 3 is 2.45 bits per heavy atom. The van der Waals surface area contributed by atoms with Crippen LogP contribution in [-0.4, -0.2) is 23.6 Å². The highest BCUT2D eigenvalue weighted by atomic mass is 15.4. The lowest BCUT2D eigenvalue weighted by Crippen LogP contribution is -2.34. The Morgan fingerprint density at radius 2 is 2.09 bits per heavy atom. The van der Waals surface area contributed by atoms with Gasteiger partial charge in [-0.3, -0.25) is 5.01 Å². The van der Waals surface area contributed by atoms with E-state index < -0.39 is 0 Å². The van der Waals surface area contributed by atoms with Crippen LogP contribution in [0.25, 0.3) is 0 Å². The lowest BCUT2D eigenvalue weighted by atomic mass is 10.6. The first kappa shape index (κ1) is 9.80. The molecule has 0 radical (unpaired) electrons. The van der Waals surface area contributed by atoms with Crippen LogP contribution in [0.3, 0.4) is 0 Å². The largest absolute Gasteiger partial charge is 0.383 e. The summed E-state index contributed by atoms with van der Waals surface area (Å²) in [6.07, 6.45) is 3.20. The van der Waals surface area contributed by atoms with Crippen molar-refractivity contribution >= 4 is 0 Å². The molecule has 0 bridgehead atoms. The molecule has 0 atom stereocenters. The molecule has 0 aromatic carbocycles. The van der Waals surface area contributed by atoms with Crippen molar-refractivity contribution in [3.8, 4) is 0 Å². The van der Waals surface area contributed by atoms with Gasteiger partial charge in [-0.25, -0.2) is 11.7 Å². The lowest BCUT2D eigenvalue weighted by Gasteiger charge is -2.16. The normalized spacial score (nSPS) is 11.0. The third-order valence-electron chi connectivity index (χ3n) is 1.05. The molecule has 0 aliphatic carbocycles. The van der Waals surface area contributed by atoms with Crippen LogP contribution < -0.4 is 17.4 Å². The van der Waals surface area contributed by atoms with E-state index in [1.165, 1.54) is 16.2 Å². The lowest BCUT2D eigenvalue weighted by molar-refractivity contribution is 0.383. The standard InChI is InChI=1S/C6H15N5/c1-3-4-11(9)5-6(7)10(2)8/h3,5H,1,4,7-9H2,2H3/b6-5+. The second-order valence-electron chi connectivity index (χ2n) is 2.15. The number of hydrogen-bond donors (Lipinski definition) is 3. The van der Waals surface area contributed by atoms with Gasteiger partial charge < -0.3 is 10.7 Å². The molecule has 11 heavy (non-hydrogen) atoms. The van der Waals surface area contributed by atoms with Crippen LogP contribution in [-0.2, 0) is 0 Å². The first-order chi connectivity index (χ1) is 5.07. The summed E-state index contributed by atoms with van der Waals surface area (Å²) in [6.45, 7) is 4.05. The Labute approximate surface area is 66.7 Å².